The van der Waals surface area contributed by atoms with E-state index in [0.29, 0.717) is 61.3 Å². The van der Waals surface area contributed by atoms with Crippen molar-refractivity contribution in [1.82, 2.24) is 30.1 Å². The fourth-order valence-corrected chi connectivity index (χ4v) is 4.36. The molecule has 0 aliphatic carbocycles. The number of tetrazole rings is 1. The van der Waals surface area contributed by atoms with Gasteiger partial charge in [0.25, 0.3) is 5.56 Å². The van der Waals surface area contributed by atoms with Crippen molar-refractivity contribution in [3.63, 3.8) is 0 Å². The van der Waals surface area contributed by atoms with Gasteiger partial charge in [-0.2, -0.15) is 0 Å². The second-order valence-electron chi connectivity index (χ2n) is 8.08. The summed E-state index contributed by atoms with van der Waals surface area (Å²) in [6.45, 7) is 2.97. The normalized spacial score (nSPS) is 15.4. The van der Waals surface area contributed by atoms with Crippen LogP contribution in [0.4, 0.5) is 0 Å². The number of pyridine rings is 1. The summed E-state index contributed by atoms with van der Waals surface area (Å²) < 4.78 is 18.2. The predicted molar refractivity (Wildman–Crippen MR) is 125 cm³/mol. The predicted octanol–water partition coefficient (Wildman–Crippen LogP) is 2.00. The molecule has 1 N–H and O–H groups in total. The molecule has 1 saturated heterocycles. The van der Waals surface area contributed by atoms with Crippen LogP contribution in [0.5, 0.6) is 11.5 Å². The molecule has 1 fully saturated rings. The first-order valence-corrected chi connectivity index (χ1v) is 11.1. The van der Waals surface area contributed by atoms with Gasteiger partial charge in [0.05, 0.1) is 39.5 Å². The standard InChI is InChI=1S/C24H26N6O4/c1-32-20-13-17-12-18(24(31)25-19(17)14-21(20)33-2)22(29-8-10-34-11-9-29)23-26-27-28-30(23)15-16-6-4-3-5-7-16/h3-7,12-14,22H,8-11,15H2,1-2H3,(H,25,31)/t22-/m0/s1. The zero-order valence-electron chi connectivity index (χ0n) is 19.1. The van der Waals surface area contributed by atoms with Gasteiger partial charge in [0.1, 0.15) is 6.04 Å². The second-order valence-corrected chi connectivity index (χ2v) is 8.08. The zero-order valence-corrected chi connectivity index (χ0v) is 19.1. The molecule has 1 aliphatic heterocycles. The summed E-state index contributed by atoms with van der Waals surface area (Å²) in [4.78, 5) is 18.6. The molecule has 0 bridgehead atoms. The van der Waals surface area contributed by atoms with Crippen molar-refractivity contribution < 1.29 is 14.2 Å². The summed E-state index contributed by atoms with van der Waals surface area (Å²) in [5, 5.41) is 13.4. The van der Waals surface area contributed by atoms with Crippen molar-refractivity contribution in [1.29, 1.82) is 0 Å². The molecule has 0 unspecified atom stereocenters. The van der Waals surface area contributed by atoms with Gasteiger partial charge in [0, 0.05) is 30.1 Å². The molecular weight excluding hydrogens is 436 g/mol. The van der Waals surface area contributed by atoms with Gasteiger partial charge in [-0.3, -0.25) is 9.69 Å². The molecule has 2 aromatic heterocycles. The molecule has 0 radical (unpaired) electrons. The van der Waals surface area contributed by atoms with E-state index in [0.717, 1.165) is 10.9 Å². The Balaban J connectivity index is 1.63. The van der Waals surface area contributed by atoms with Crippen molar-refractivity contribution in [3.8, 4) is 11.5 Å². The van der Waals surface area contributed by atoms with Crippen LogP contribution in [0.3, 0.4) is 0 Å². The number of rotatable bonds is 7. The molecule has 1 atom stereocenters. The van der Waals surface area contributed by atoms with Crippen molar-refractivity contribution in [2.45, 2.75) is 12.6 Å². The highest BCUT2D eigenvalue weighted by Crippen LogP contribution is 2.33. The van der Waals surface area contributed by atoms with Crippen LogP contribution in [0.1, 0.15) is 23.0 Å². The van der Waals surface area contributed by atoms with Gasteiger partial charge in [-0.25, -0.2) is 4.68 Å². The summed E-state index contributed by atoms with van der Waals surface area (Å²) >= 11 is 0. The van der Waals surface area contributed by atoms with Gasteiger partial charge in [0.2, 0.25) is 0 Å². The van der Waals surface area contributed by atoms with Gasteiger partial charge in [-0.15, -0.1) is 5.10 Å². The molecule has 10 nitrogen and oxygen atoms in total. The Bertz CT molecular complexity index is 1330. The number of ether oxygens (including phenoxy) is 3. The van der Waals surface area contributed by atoms with Gasteiger partial charge < -0.3 is 19.2 Å². The van der Waals surface area contributed by atoms with Crippen LogP contribution in [0.15, 0.2) is 53.3 Å². The number of hydrogen-bond acceptors (Lipinski definition) is 8. The van der Waals surface area contributed by atoms with E-state index in [2.05, 4.69) is 25.4 Å². The lowest BCUT2D eigenvalue weighted by molar-refractivity contribution is 0.0214. The third-order valence-electron chi connectivity index (χ3n) is 6.06. The number of hydrogen-bond donors (Lipinski definition) is 1. The number of morpholine rings is 1. The van der Waals surface area contributed by atoms with Crippen molar-refractivity contribution in [2.24, 2.45) is 0 Å². The molecule has 0 saturated carbocycles. The van der Waals surface area contributed by atoms with Crippen LogP contribution < -0.4 is 15.0 Å². The largest absolute Gasteiger partial charge is 0.493 e. The van der Waals surface area contributed by atoms with Gasteiger partial charge in [0.15, 0.2) is 17.3 Å². The smallest absolute Gasteiger partial charge is 0.253 e. The Morgan fingerprint density at radius 3 is 2.53 bits per heavy atom. The second kappa shape index (κ2) is 9.62. The van der Waals surface area contributed by atoms with Crippen LogP contribution >= 0.6 is 0 Å². The number of nitrogens with zero attached hydrogens (tertiary/aromatic N) is 5. The Kier molecular flexibility index (Phi) is 6.24. The van der Waals surface area contributed by atoms with E-state index in [1.165, 1.54) is 0 Å². The first-order valence-electron chi connectivity index (χ1n) is 11.1. The molecule has 10 heteroatoms. The minimum absolute atomic E-state index is 0.203. The average Bonchev–Trinajstić information content (AvgIpc) is 3.32. The highest BCUT2D eigenvalue weighted by Gasteiger charge is 2.31. The molecule has 1 aliphatic rings. The van der Waals surface area contributed by atoms with Gasteiger partial charge in [-0.05, 0) is 28.1 Å². The maximum atomic E-state index is 13.4. The number of aromatic nitrogens is 5. The Labute approximate surface area is 196 Å². The van der Waals surface area contributed by atoms with Gasteiger partial charge >= 0.3 is 0 Å². The van der Waals surface area contributed by atoms with Crippen LogP contribution in [-0.2, 0) is 11.3 Å². The summed E-state index contributed by atoms with van der Waals surface area (Å²) in [6.07, 6.45) is 0. The lowest BCUT2D eigenvalue weighted by Gasteiger charge is -2.33. The zero-order chi connectivity index (χ0) is 23.5. The number of H-pyrrole nitrogens is 1. The molecule has 5 rings (SSSR count). The SMILES string of the molecule is COc1cc2cc([C@@H](c3nnnn3Cc3ccccc3)N3CCOCC3)c(=O)[nH]c2cc1OC. The minimum Gasteiger partial charge on any atom is -0.493 e. The van der Waals surface area contributed by atoms with E-state index in [1.807, 2.05) is 42.5 Å². The fourth-order valence-electron chi connectivity index (χ4n) is 4.36. The van der Waals surface area contributed by atoms with E-state index < -0.39 is 6.04 Å². The molecule has 0 spiro atoms. The molecular formula is C24H26N6O4. The molecule has 34 heavy (non-hydrogen) atoms. The third kappa shape index (κ3) is 4.25. The van der Waals surface area contributed by atoms with E-state index in [4.69, 9.17) is 14.2 Å². The Hall–Kier alpha value is -3.76. The number of aromatic amines is 1. The van der Waals surface area contributed by atoms with E-state index in [1.54, 1.807) is 25.0 Å². The van der Waals surface area contributed by atoms with E-state index in [-0.39, 0.29) is 5.56 Å². The Morgan fingerprint density at radius 2 is 1.79 bits per heavy atom. The highest BCUT2D eigenvalue weighted by atomic mass is 16.5. The van der Waals surface area contributed by atoms with Crippen LogP contribution in [0.25, 0.3) is 10.9 Å². The van der Waals surface area contributed by atoms with Crippen LogP contribution in [0, 0.1) is 0 Å². The minimum atomic E-state index is -0.441. The summed E-state index contributed by atoms with van der Waals surface area (Å²) in [6, 6.07) is 15.1. The van der Waals surface area contributed by atoms with E-state index in [9.17, 15) is 4.79 Å². The quantitative estimate of drug-likeness (QED) is 0.444. The molecule has 4 aromatic rings. The molecule has 2 aromatic carbocycles. The maximum absolute atomic E-state index is 13.4. The van der Waals surface area contributed by atoms with Crippen molar-refractivity contribution >= 4 is 10.9 Å². The van der Waals surface area contributed by atoms with Gasteiger partial charge in [-0.1, -0.05) is 30.3 Å². The average molecular weight is 463 g/mol. The van der Waals surface area contributed by atoms with Crippen molar-refractivity contribution in [3.05, 3.63) is 75.8 Å². The summed E-state index contributed by atoms with van der Waals surface area (Å²) in [5.74, 6) is 1.75. The first-order chi connectivity index (χ1) is 16.7. The number of methoxy groups -OCH3 is 2. The Morgan fingerprint density at radius 1 is 1.06 bits per heavy atom. The van der Waals surface area contributed by atoms with Crippen LogP contribution in [0.2, 0.25) is 0 Å². The van der Waals surface area contributed by atoms with E-state index >= 15 is 0 Å². The molecule has 3 heterocycles. The van der Waals surface area contributed by atoms with Crippen molar-refractivity contribution in [2.75, 3.05) is 40.5 Å². The number of nitrogens with one attached hydrogen (secondary N) is 1. The fraction of sp³-hybridized carbons (Fsp3) is 0.333. The number of benzene rings is 2. The topological polar surface area (TPSA) is 107 Å². The number of fused-ring (bicyclic) bond motifs is 1. The summed E-state index contributed by atoms with van der Waals surface area (Å²) in [7, 11) is 3.15. The summed E-state index contributed by atoms with van der Waals surface area (Å²) in [5.41, 5.74) is 2.09. The molecule has 0 amide bonds. The molecule has 176 valence electrons. The maximum Gasteiger partial charge on any atom is 0.253 e. The lowest BCUT2D eigenvalue weighted by Crippen LogP contribution is -2.42. The monoisotopic (exact) mass is 462 g/mol. The highest BCUT2D eigenvalue weighted by molar-refractivity contribution is 5.83. The third-order valence-corrected chi connectivity index (χ3v) is 6.06. The lowest BCUT2D eigenvalue weighted by atomic mass is 10.0. The first kappa shape index (κ1) is 22.1. The van der Waals surface area contributed by atoms with Crippen LogP contribution in [-0.4, -0.2) is 70.6 Å².